The Bertz CT molecular complexity index is 92.0. The Hall–Kier alpha value is 1.06. The average molecular weight is 138 g/mol. The standard InChI is InChI=1S/Mg.H2O3S2/c;1-5(2,3)4/h;(H2,1,2,3,4). The van der Waals surface area contributed by atoms with Gasteiger partial charge in [0.2, 0.25) is 0 Å². The van der Waals surface area contributed by atoms with E-state index in [0.29, 0.717) is 0 Å². The molecule has 2 radical (unpaired) electrons. The van der Waals surface area contributed by atoms with Crippen LogP contribution in [-0.2, 0) is 20.2 Å². The average Bonchev–Trinajstić information content (AvgIpc) is 0.722. The van der Waals surface area contributed by atoms with Gasteiger partial charge >= 0.3 is 0 Å². The van der Waals surface area contributed by atoms with E-state index < -0.39 is 9.05 Å². The molecule has 0 aliphatic heterocycles. The Labute approximate surface area is 56.6 Å². The molecular formula is H2MgO3S2. The molecule has 0 saturated heterocycles. The van der Waals surface area contributed by atoms with Crippen LogP contribution in [0, 0.1) is 0 Å². The van der Waals surface area contributed by atoms with Gasteiger partial charge in [-0.25, -0.2) is 0 Å². The first-order chi connectivity index (χ1) is 2.00. The third-order valence-electron chi connectivity index (χ3n) is 0. The maximum atomic E-state index is 9.11. The summed E-state index contributed by atoms with van der Waals surface area (Å²) in [6.45, 7) is 0. The number of hydrogen-bond acceptors (Lipinski definition) is 2. The van der Waals surface area contributed by atoms with E-state index in [9.17, 15) is 0 Å². The van der Waals surface area contributed by atoms with Gasteiger partial charge in [0.25, 0.3) is 9.05 Å². The molecule has 0 aromatic carbocycles. The fraction of sp³-hybridized carbons (Fsp3) is 0. The number of rotatable bonds is 0. The van der Waals surface area contributed by atoms with Crippen molar-refractivity contribution in [2.24, 2.45) is 0 Å². The quantitative estimate of drug-likeness (QED) is 0.435. The summed E-state index contributed by atoms with van der Waals surface area (Å²) in [6.07, 6.45) is 0. The molecule has 0 saturated carbocycles. The predicted molar refractivity (Wildman–Crippen MR) is 26.5 cm³/mol. The van der Waals surface area contributed by atoms with Crippen molar-refractivity contribution in [1.82, 2.24) is 0 Å². The zero-order valence-corrected chi connectivity index (χ0v) is 5.87. The van der Waals surface area contributed by atoms with Crippen molar-refractivity contribution in [3.05, 3.63) is 0 Å². The molecule has 0 fully saturated rings. The second kappa shape index (κ2) is 3.11. The Kier molecular flexibility index (Phi) is 5.25. The first-order valence-corrected chi connectivity index (χ1v) is 3.10. The predicted octanol–water partition coefficient (Wildman–Crippen LogP) is -0.702. The normalized spacial score (nSPS) is 9.67. The zero-order chi connectivity index (χ0) is 4.50. The monoisotopic (exact) mass is 138 g/mol. The maximum absolute atomic E-state index is 9.11. The van der Waals surface area contributed by atoms with Crippen molar-refractivity contribution < 1.29 is 13.3 Å². The minimum absolute atomic E-state index is 0. The highest BCUT2D eigenvalue weighted by atomic mass is 32.9. The molecule has 6 heteroatoms. The molecule has 0 aromatic rings. The van der Waals surface area contributed by atoms with Crippen LogP contribution in [0.2, 0.25) is 0 Å². The van der Waals surface area contributed by atoms with Gasteiger partial charge < -0.3 is 0 Å². The molecule has 0 aliphatic carbocycles. The zero-order valence-electron chi connectivity index (χ0n) is 2.83. The lowest BCUT2D eigenvalue weighted by Crippen LogP contribution is -1.86. The lowest BCUT2D eigenvalue weighted by molar-refractivity contribution is 0.450. The van der Waals surface area contributed by atoms with Crippen molar-refractivity contribution in [2.75, 3.05) is 0 Å². The van der Waals surface area contributed by atoms with Gasteiger partial charge in [-0.05, 0) is 0 Å². The topological polar surface area (TPSA) is 57.5 Å². The van der Waals surface area contributed by atoms with Gasteiger partial charge in [-0.15, -0.1) is 0 Å². The number of hydrogen-bond donors (Lipinski definition) is 2. The highest BCUT2D eigenvalue weighted by Gasteiger charge is 1.78. The molecule has 0 atom stereocenters. The van der Waals surface area contributed by atoms with Crippen LogP contribution in [0.4, 0.5) is 0 Å². The molecule has 0 aliphatic rings. The molecule has 0 aromatic heterocycles. The minimum atomic E-state index is -3.83. The summed E-state index contributed by atoms with van der Waals surface area (Å²) in [4.78, 5) is 0. The molecule has 3 nitrogen and oxygen atoms in total. The molecule has 2 N–H and O–H groups in total. The van der Waals surface area contributed by atoms with Gasteiger partial charge in [0.1, 0.15) is 0 Å². The van der Waals surface area contributed by atoms with E-state index in [0.717, 1.165) is 0 Å². The van der Waals surface area contributed by atoms with Crippen LogP contribution in [0.25, 0.3) is 0 Å². The third-order valence-corrected chi connectivity index (χ3v) is 0. The molecule has 0 unspecified atom stereocenters. The van der Waals surface area contributed by atoms with Gasteiger partial charge in [-0.2, -0.15) is 4.21 Å². The van der Waals surface area contributed by atoms with Crippen LogP contribution >= 0.6 is 0 Å². The van der Waals surface area contributed by atoms with Crippen LogP contribution in [0.3, 0.4) is 0 Å². The summed E-state index contributed by atoms with van der Waals surface area (Å²) in [5.41, 5.74) is 0. The smallest absolute Gasteiger partial charge is 0.263 e. The summed E-state index contributed by atoms with van der Waals surface area (Å²) in [5.74, 6) is 0. The molecule has 0 spiro atoms. The van der Waals surface area contributed by atoms with Gasteiger partial charge in [-0.1, -0.05) is 0 Å². The van der Waals surface area contributed by atoms with Crippen molar-refractivity contribution in [3.8, 4) is 0 Å². The molecule has 34 valence electrons. The van der Waals surface area contributed by atoms with Gasteiger partial charge in [0.05, 0.1) is 0 Å². The van der Waals surface area contributed by atoms with Crippen molar-refractivity contribution in [3.63, 3.8) is 0 Å². The van der Waals surface area contributed by atoms with E-state index in [-0.39, 0.29) is 23.1 Å². The highest BCUT2D eigenvalue weighted by Crippen LogP contribution is 1.62. The molecule has 0 bridgehead atoms. The lowest BCUT2D eigenvalue weighted by atomic mass is 15.8. The van der Waals surface area contributed by atoms with Crippen LogP contribution in [0.5, 0.6) is 0 Å². The van der Waals surface area contributed by atoms with E-state index in [1.165, 1.54) is 0 Å². The van der Waals surface area contributed by atoms with Crippen LogP contribution < -0.4 is 0 Å². The van der Waals surface area contributed by atoms with E-state index in [1.807, 2.05) is 0 Å². The summed E-state index contributed by atoms with van der Waals surface area (Å²) in [6, 6.07) is 0. The molecule has 6 heavy (non-hydrogen) atoms. The fourth-order valence-electron chi connectivity index (χ4n) is 0. The Morgan fingerprint density at radius 2 is 1.50 bits per heavy atom. The van der Waals surface area contributed by atoms with Gasteiger partial charge in [-0.3, -0.25) is 9.11 Å². The van der Waals surface area contributed by atoms with Crippen LogP contribution in [0.1, 0.15) is 0 Å². The SMILES string of the molecule is O=S(O)(O)=S.[Mg]. The van der Waals surface area contributed by atoms with Crippen LogP contribution in [-0.4, -0.2) is 36.4 Å². The Morgan fingerprint density at radius 3 is 1.50 bits per heavy atom. The second-order valence-corrected chi connectivity index (χ2v) is 2.65. The second-order valence-electron chi connectivity index (χ2n) is 0.448. The molecule has 0 amide bonds. The van der Waals surface area contributed by atoms with Gasteiger partial charge in [0.15, 0.2) is 0 Å². The fourth-order valence-corrected chi connectivity index (χ4v) is 0. The van der Waals surface area contributed by atoms with E-state index >= 15 is 0 Å². The summed E-state index contributed by atoms with van der Waals surface area (Å²) in [7, 11) is -3.83. The van der Waals surface area contributed by atoms with Crippen molar-refractivity contribution in [2.45, 2.75) is 0 Å². The van der Waals surface area contributed by atoms with E-state index in [4.69, 9.17) is 13.3 Å². The molecular weight excluding hydrogens is 136 g/mol. The minimum Gasteiger partial charge on any atom is -0.285 e. The molecule has 0 heterocycles. The first-order valence-electron chi connectivity index (χ1n) is 0.698. The summed E-state index contributed by atoms with van der Waals surface area (Å²) < 4.78 is 24.0. The summed E-state index contributed by atoms with van der Waals surface area (Å²) in [5, 5.41) is 0. The molecule has 0 rings (SSSR count). The first kappa shape index (κ1) is 10.1. The van der Waals surface area contributed by atoms with E-state index in [1.54, 1.807) is 0 Å². The Morgan fingerprint density at radius 1 is 1.50 bits per heavy atom. The maximum Gasteiger partial charge on any atom is 0.263 e. The Balaban J connectivity index is 0. The van der Waals surface area contributed by atoms with Crippen molar-refractivity contribution in [1.29, 1.82) is 0 Å². The third kappa shape index (κ3) is 74.6. The van der Waals surface area contributed by atoms with Crippen LogP contribution in [0.15, 0.2) is 0 Å². The largest absolute Gasteiger partial charge is 0.285 e. The van der Waals surface area contributed by atoms with E-state index in [2.05, 4.69) is 11.2 Å². The summed E-state index contributed by atoms with van der Waals surface area (Å²) >= 11 is 3.47. The van der Waals surface area contributed by atoms with Crippen molar-refractivity contribution >= 4 is 43.3 Å². The lowest BCUT2D eigenvalue weighted by Gasteiger charge is -1.73. The van der Waals surface area contributed by atoms with Gasteiger partial charge in [0, 0.05) is 34.2 Å². The highest BCUT2D eigenvalue weighted by molar-refractivity contribution is 8.26.